The van der Waals surface area contributed by atoms with Gasteiger partial charge < -0.3 is 4.90 Å². The molecule has 0 radical (unpaired) electrons. The van der Waals surface area contributed by atoms with Crippen LogP contribution in [0.2, 0.25) is 5.15 Å². The molecule has 0 saturated heterocycles. The van der Waals surface area contributed by atoms with Gasteiger partial charge in [0.15, 0.2) is 0 Å². The summed E-state index contributed by atoms with van der Waals surface area (Å²) in [4.78, 5) is 27.9. The number of hydrogen-bond acceptors (Lipinski definition) is 4. The van der Waals surface area contributed by atoms with E-state index in [9.17, 15) is 14.9 Å². The summed E-state index contributed by atoms with van der Waals surface area (Å²) in [5.74, 6) is -0.418. The zero-order chi connectivity index (χ0) is 15.5. The van der Waals surface area contributed by atoms with Crippen LogP contribution in [0, 0.1) is 10.1 Å². The fraction of sp³-hybridized carbons (Fsp3) is 0.385. The van der Waals surface area contributed by atoms with Crippen LogP contribution in [-0.4, -0.2) is 32.8 Å². The number of amides is 1. The number of carbonyl (C=O) groups is 1. The fourth-order valence-corrected chi connectivity index (χ4v) is 1.81. The Kier molecular flexibility index (Phi) is 4.83. The van der Waals surface area contributed by atoms with E-state index >= 15 is 0 Å². The van der Waals surface area contributed by atoms with Gasteiger partial charge in [-0.1, -0.05) is 17.7 Å². The van der Waals surface area contributed by atoms with Crippen molar-refractivity contribution in [1.29, 1.82) is 0 Å². The van der Waals surface area contributed by atoms with Crippen LogP contribution in [0.25, 0.3) is 0 Å². The molecule has 1 rings (SSSR count). The third-order valence-corrected chi connectivity index (χ3v) is 2.93. The van der Waals surface area contributed by atoms with E-state index in [0.717, 1.165) is 12.3 Å². The van der Waals surface area contributed by atoms with Crippen molar-refractivity contribution in [3.63, 3.8) is 0 Å². The Balaban J connectivity index is 3.27. The van der Waals surface area contributed by atoms with Crippen molar-refractivity contribution in [1.82, 2.24) is 9.88 Å². The highest BCUT2D eigenvalue weighted by atomic mass is 35.5. The van der Waals surface area contributed by atoms with Gasteiger partial charge in [-0.05, 0) is 20.8 Å². The normalized spacial score (nSPS) is 11.0. The van der Waals surface area contributed by atoms with Crippen molar-refractivity contribution >= 4 is 23.2 Å². The molecule has 1 aromatic rings. The molecule has 1 amide bonds. The number of halogens is 1. The molecule has 0 saturated carbocycles. The Labute approximate surface area is 122 Å². The van der Waals surface area contributed by atoms with Crippen molar-refractivity contribution in [3.05, 3.63) is 45.7 Å². The highest BCUT2D eigenvalue weighted by Crippen LogP contribution is 2.24. The minimum atomic E-state index is -0.616. The molecule has 7 heteroatoms. The Morgan fingerprint density at radius 3 is 2.65 bits per heavy atom. The molecule has 108 valence electrons. The average molecular weight is 298 g/mol. The maximum Gasteiger partial charge on any atom is 0.288 e. The molecule has 0 spiro atoms. The summed E-state index contributed by atoms with van der Waals surface area (Å²) >= 11 is 5.88. The van der Waals surface area contributed by atoms with E-state index in [-0.39, 0.29) is 16.4 Å². The van der Waals surface area contributed by atoms with Gasteiger partial charge in [0.25, 0.3) is 11.6 Å². The minimum Gasteiger partial charge on any atom is -0.330 e. The van der Waals surface area contributed by atoms with Crippen LogP contribution in [0.5, 0.6) is 0 Å². The van der Waals surface area contributed by atoms with Crippen LogP contribution in [0.15, 0.2) is 24.9 Å². The number of aromatic nitrogens is 1. The second-order valence-electron chi connectivity index (χ2n) is 5.16. The van der Waals surface area contributed by atoms with Crippen LogP contribution < -0.4 is 0 Å². The SMILES string of the molecule is C=CCN(C(=O)c1cc([N+](=O)[O-])cnc1Cl)C(C)(C)C. The molecule has 0 N–H and O–H groups in total. The molecule has 0 unspecified atom stereocenters. The Morgan fingerprint density at radius 2 is 2.20 bits per heavy atom. The molecule has 0 fully saturated rings. The van der Waals surface area contributed by atoms with Crippen LogP contribution in [0.4, 0.5) is 5.69 Å². The molecule has 0 aliphatic heterocycles. The third-order valence-electron chi connectivity index (χ3n) is 2.63. The van der Waals surface area contributed by atoms with Crippen molar-refractivity contribution in [2.45, 2.75) is 26.3 Å². The first-order valence-corrected chi connectivity index (χ1v) is 6.29. The summed E-state index contributed by atoms with van der Waals surface area (Å²) < 4.78 is 0. The van der Waals surface area contributed by atoms with Crippen molar-refractivity contribution in [3.8, 4) is 0 Å². The fourth-order valence-electron chi connectivity index (χ4n) is 1.62. The van der Waals surface area contributed by atoms with E-state index < -0.39 is 16.4 Å². The van der Waals surface area contributed by atoms with Gasteiger partial charge in [0.2, 0.25) is 0 Å². The lowest BCUT2D eigenvalue weighted by molar-refractivity contribution is -0.385. The molecule has 0 aliphatic carbocycles. The Morgan fingerprint density at radius 1 is 1.60 bits per heavy atom. The summed E-state index contributed by atoms with van der Waals surface area (Å²) in [6.07, 6.45) is 2.61. The van der Waals surface area contributed by atoms with Crippen LogP contribution in [-0.2, 0) is 0 Å². The van der Waals surface area contributed by atoms with Gasteiger partial charge in [-0.3, -0.25) is 14.9 Å². The first kappa shape index (κ1) is 16.1. The van der Waals surface area contributed by atoms with Crippen molar-refractivity contribution < 1.29 is 9.72 Å². The van der Waals surface area contributed by atoms with Gasteiger partial charge in [-0.25, -0.2) is 4.98 Å². The zero-order valence-electron chi connectivity index (χ0n) is 11.6. The Hall–Kier alpha value is -1.95. The number of pyridine rings is 1. The van der Waals surface area contributed by atoms with E-state index in [0.29, 0.717) is 6.54 Å². The molecule has 0 aromatic carbocycles. The smallest absolute Gasteiger partial charge is 0.288 e. The van der Waals surface area contributed by atoms with Crippen molar-refractivity contribution in [2.75, 3.05) is 6.54 Å². The second-order valence-corrected chi connectivity index (χ2v) is 5.52. The van der Waals surface area contributed by atoms with Gasteiger partial charge in [0.1, 0.15) is 11.3 Å². The molecule has 1 heterocycles. The first-order chi connectivity index (χ1) is 9.18. The van der Waals surface area contributed by atoms with E-state index in [1.54, 1.807) is 6.08 Å². The second kappa shape index (κ2) is 6.00. The minimum absolute atomic E-state index is 0.0117. The van der Waals surface area contributed by atoms with Crippen LogP contribution >= 0.6 is 11.6 Å². The predicted molar refractivity (Wildman–Crippen MR) is 76.9 cm³/mol. The highest BCUT2D eigenvalue weighted by molar-refractivity contribution is 6.32. The number of hydrogen-bond donors (Lipinski definition) is 0. The molecule has 1 aromatic heterocycles. The van der Waals surface area contributed by atoms with Gasteiger partial charge in [-0.15, -0.1) is 6.58 Å². The molecule has 6 nitrogen and oxygen atoms in total. The molecule has 0 atom stereocenters. The average Bonchev–Trinajstić information content (AvgIpc) is 2.34. The highest BCUT2D eigenvalue weighted by Gasteiger charge is 2.29. The third kappa shape index (κ3) is 3.54. The van der Waals surface area contributed by atoms with E-state index in [1.807, 2.05) is 20.8 Å². The molecular weight excluding hydrogens is 282 g/mol. The van der Waals surface area contributed by atoms with Crippen molar-refractivity contribution in [2.24, 2.45) is 0 Å². The quantitative estimate of drug-likeness (QED) is 0.370. The summed E-state index contributed by atoms with van der Waals surface area (Å²) in [5.41, 5.74) is -0.734. The number of rotatable bonds is 4. The standard InChI is InChI=1S/C13H16ClN3O3/c1-5-6-16(13(2,3)4)12(18)10-7-9(17(19)20)8-15-11(10)14/h5,7-8H,1,6H2,2-4H3. The lowest BCUT2D eigenvalue weighted by atomic mass is 10.0. The lowest BCUT2D eigenvalue weighted by Crippen LogP contribution is -2.45. The Bertz CT molecular complexity index is 552. The van der Waals surface area contributed by atoms with E-state index in [4.69, 9.17) is 11.6 Å². The van der Waals surface area contributed by atoms with E-state index in [2.05, 4.69) is 11.6 Å². The number of nitrogens with zero attached hydrogens (tertiary/aromatic N) is 3. The first-order valence-electron chi connectivity index (χ1n) is 5.91. The van der Waals surface area contributed by atoms with Crippen LogP contribution in [0.1, 0.15) is 31.1 Å². The summed E-state index contributed by atoms with van der Waals surface area (Å²) in [6, 6.07) is 1.14. The molecular formula is C13H16ClN3O3. The van der Waals surface area contributed by atoms with Gasteiger partial charge in [0, 0.05) is 18.2 Å². The monoisotopic (exact) mass is 297 g/mol. The van der Waals surface area contributed by atoms with E-state index in [1.165, 1.54) is 4.90 Å². The maximum absolute atomic E-state index is 12.5. The maximum atomic E-state index is 12.5. The van der Waals surface area contributed by atoms with Gasteiger partial charge in [0.05, 0.1) is 10.5 Å². The van der Waals surface area contributed by atoms with Crippen LogP contribution in [0.3, 0.4) is 0 Å². The van der Waals surface area contributed by atoms with Gasteiger partial charge >= 0.3 is 0 Å². The predicted octanol–water partition coefficient (Wildman–Crippen LogP) is 3.07. The lowest BCUT2D eigenvalue weighted by Gasteiger charge is -2.35. The molecule has 0 aliphatic rings. The molecule has 0 bridgehead atoms. The summed E-state index contributed by atoms with van der Waals surface area (Å²) in [5, 5.41) is 10.7. The molecule has 20 heavy (non-hydrogen) atoms. The number of carbonyl (C=O) groups excluding carboxylic acids is 1. The summed E-state index contributed by atoms with van der Waals surface area (Å²) in [7, 11) is 0. The zero-order valence-corrected chi connectivity index (χ0v) is 12.3. The topological polar surface area (TPSA) is 76.3 Å². The largest absolute Gasteiger partial charge is 0.330 e. The summed E-state index contributed by atoms with van der Waals surface area (Å²) in [6.45, 7) is 9.48. The number of nitro groups is 1. The van der Waals surface area contributed by atoms with Gasteiger partial charge in [-0.2, -0.15) is 0 Å².